The van der Waals surface area contributed by atoms with E-state index in [1.54, 1.807) is 0 Å². The second kappa shape index (κ2) is 8.50. The highest BCUT2D eigenvalue weighted by atomic mass is 15.3. The van der Waals surface area contributed by atoms with Crippen LogP contribution in [0.3, 0.4) is 0 Å². The first kappa shape index (κ1) is 21.0. The number of hydrogen-bond acceptors (Lipinski definition) is 2. The van der Waals surface area contributed by atoms with E-state index in [1.165, 1.54) is 16.7 Å². The second-order valence-corrected chi connectivity index (χ2v) is 9.59. The van der Waals surface area contributed by atoms with Gasteiger partial charge in [0.15, 0.2) is 0 Å². The van der Waals surface area contributed by atoms with Crippen LogP contribution in [0.5, 0.6) is 0 Å². The maximum absolute atomic E-state index is 4.38. The predicted octanol–water partition coefficient (Wildman–Crippen LogP) is 6.97. The smallest absolute Gasteiger partial charge is 0.0648 e. The summed E-state index contributed by atoms with van der Waals surface area (Å²) in [6, 6.07) is 23.8. The van der Waals surface area contributed by atoms with Crippen molar-refractivity contribution in [2.24, 2.45) is 0 Å². The standard InChI is InChI=1S/C28H31N3/c1-27(2,24-13-11-22(12-14-24)23-8-6-17-29-21-23)15-16-28(3,4)25-9-5-10-26(20-25)31-19-7-18-30-31/h5-14,17-21H,15-16H2,1-4H3. The van der Waals surface area contributed by atoms with Crippen LogP contribution in [0.15, 0.2) is 91.5 Å². The van der Waals surface area contributed by atoms with Gasteiger partial charge >= 0.3 is 0 Å². The average molecular weight is 410 g/mol. The maximum Gasteiger partial charge on any atom is 0.0648 e. The Hall–Kier alpha value is -3.20. The molecule has 3 heteroatoms. The van der Waals surface area contributed by atoms with Gasteiger partial charge in [0.25, 0.3) is 0 Å². The molecule has 0 N–H and O–H groups in total. The first-order valence-corrected chi connectivity index (χ1v) is 11.0. The van der Waals surface area contributed by atoms with Gasteiger partial charge < -0.3 is 0 Å². The van der Waals surface area contributed by atoms with E-state index in [2.05, 4.69) is 92.4 Å². The molecule has 0 aliphatic carbocycles. The van der Waals surface area contributed by atoms with Crippen molar-refractivity contribution in [2.45, 2.75) is 51.4 Å². The summed E-state index contributed by atoms with van der Waals surface area (Å²) in [5, 5.41) is 4.38. The van der Waals surface area contributed by atoms with Crippen LogP contribution >= 0.6 is 0 Å². The average Bonchev–Trinajstić information content (AvgIpc) is 3.34. The van der Waals surface area contributed by atoms with Crippen molar-refractivity contribution in [1.82, 2.24) is 14.8 Å². The van der Waals surface area contributed by atoms with Gasteiger partial charge in [-0.1, -0.05) is 70.2 Å². The van der Waals surface area contributed by atoms with Crippen LogP contribution in [0.2, 0.25) is 0 Å². The molecule has 0 radical (unpaired) electrons. The Morgan fingerprint density at radius 1 is 0.710 bits per heavy atom. The van der Waals surface area contributed by atoms with E-state index in [9.17, 15) is 0 Å². The van der Waals surface area contributed by atoms with Gasteiger partial charge in [0.1, 0.15) is 0 Å². The minimum atomic E-state index is 0.0794. The fourth-order valence-electron chi connectivity index (χ4n) is 4.05. The first-order valence-electron chi connectivity index (χ1n) is 11.0. The first-order chi connectivity index (χ1) is 14.9. The molecule has 158 valence electrons. The molecule has 0 atom stereocenters. The van der Waals surface area contributed by atoms with Gasteiger partial charge in [-0.25, -0.2) is 4.68 Å². The highest BCUT2D eigenvalue weighted by Gasteiger charge is 2.27. The number of benzene rings is 2. The molecule has 0 amide bonds. The number of nitrogens with zero attached hydrogens (tertiary/aromatic N) is 3. The summed E-state index contributed by atoms with van der Waals surface area (Å²) in [5.41, 5.74) is 6.39. The molecule has 0 bridgehead atoms. The van der Waals surface area contributed by atoms with Crippen molar-refractivity contribution in [3.05, 3.63) is 103 Å². The van der Waals surface area contributed by atoms with Crippen LogP contribution in [-0.2, 0) is 10.8 Å². The van der Waals surface area contributed by atoms with Crippen LogP contribution in [0.4, 0.5) is 0 Å². The van der Waals surface area contributed by atoms with Crippen molar-refractivity contribution in [3.8, 4) is 16.8 Å². The van der Waals surface area contributed by atoms with Crippen LogP contribution in [0.25, 0.3) is 16.8 Å². The number of rotatable bonds is 7. The number of hydrogen-bond donors (Lipinski definition) is 0. The minimum Gasteiger partial charge on any atom is -0.264 e. The van der Waals surface area contributed by atoms with E-state index in [1.807, 2.05) is 41.6 Å². The molecule has 0 unspecified atom stereocenters. The zero-order valence-electron chi connectivity index (χ0n) is 18.9. The SMILES string of the molecule is CC(C)(CCC(C)(C)c1cccc(-n2cccn2)c1)c1ccc(-c2cccnc2)cc1. The Bertz CT molecular complexity index is 1110. The number of pyridine rings is 1. The van der Waals surface area contributed by atoms with Crippen LogP contribution in [-0.4, -0.2) is 14.8 Å². The highest BCUT2D eigenvalue weighted by Crippen LogP contribution is 2.37. The van der Waals surface area contributed by atoms with E-state index in [0.717, 1.165) is 24.1 Å². The molecule has 0 saturated heterocycles. The molecule has 0 aliphatic rings. The lowest BCUT2D eigenvalue weighted by molar-refractivity contribution is 0.375. The van der Waals surface area contributed by atoms with E-state index < -0.39 is 0 Å². The molecule has 0 fully saturated rings. The summed E-state index contributed by atoms with van der Waals surface area (Å²) < 4.78 is 1.92. The number of aromatic nitrogens is 3. The van der Waals surface area contributed by atoms with Crippen LogP contribution < -0.4 is 0 Å². The summed E-state index contributed by atoms with van der Waals surface area (Å²) in [5.74, 6) is 0. The second-order valence-electron chi connectivity index (χ2n) is 9.59. The lowest BCUT2D eigenvalue weighted by atomic mass is 9.72. The Morgan fingerprint density at radius 2 is 1.45 bits per heavy atom. The lowest BCUT2D eigenvalue weighted by Gasteiger charge is -2.32. The fourth-order valence-corrected chi connectivity index (χ4v) is 4.05. The molecular formula is C28H31N3. The molecular weight excluding hydrogens is 378 g/mol. The van der Waals surface area contributed by atoms with Gasteiger partial charge in [0.2, 0.25) is 0 Å². The van der Waals surface area contributed by atoms with E-state index in [0.29, 0.717) is 0 Å². The summed E-state index contributed by atoms with van der Waals surface area (Å²) in [6.07, 6.45) is 9.75. The van der Waals surface area contributed by atoms with Crippen molar-refractivity contribution in [1.29, 1.82) is 0 Å². The Balaban J connectivity index is 1.48. The molecule has 0 saturated carbocycles. The zero-order valence-corrected chi connectivity index (χ0v) is 18.9. The minimum absolute atomic E-state index is 0.0794. The van der Waals surface area contributed by atoms with E-state index in [4.69, 9.17) is 0 Å². The van der Waals surface area contributed by atoms with Gasteiger partial charge in [0.05, 0.1) is 5.69 Å². The van der Waals surface area contributed by atoms with Crippen molar-refractivity contribution < 1.29 is 0 Å². The monoisotopic (exact) mass is 409 g/mol. The van der Waals surface area contributed by atoms with Gasteiger partial charge in [-0.05, 0) is 70.2 Å². The van der Waals surface area contributed by atoms with Gasteiger partial charge in [0, 0.05) is 24.8 Å². The topological polar surface area (TPSA) is 30.7 Å². The fraction of sp³-hybridized carbons (Fsp3) is 0.286. The summed E-state index contributed by atoms with van der Waals surface area (Å²) in [7, 11) is 0. The highest BCUT2D eigenvalue weighted by molar-refractivity contribution is 5.62. The third-order valence-electron chi connectivity index (χ3n) is 6.43. The Labute approximate surface area is 185 Å². The van der Waals surface area contributed by atoms with E-state index >= 15 is 0 Å². The third kappa shape index (κ3) is 4.77. The van der Waals surface area contributed by atoms with Crippen molar-refractivity contribution in [3.63, 3.8) is 0 Å². The molecule has 0 spiro atoms. The van der Waals surface area contributed by atoms with Gasteiger partial charge in [-0.3, -0.25) is 4.98 Å². The van der Waals surface area contributed by atoms with Crippen LogP contribution in [0, 0.1) is 0 Å². The molecule has 3 nitrogen and oxygen atoms in total. The summed E-state index contributed by atoms with van der Waals surface area (Å²) >= 11 is 0. The quantitative estimate of drug-likeness (QED) is 0.330. The molecule has 4 aromatic rings. The summed E-state index contributed by atoms with van der Waals surface area (Å²) in [4.78, 5) is 4.23. The zero-order chi connectivity index (χ0) is 21.9. The molecule has 2 aromatic carbocycles. The molecule has 2 heterocycles. The lowest BCUT2D eigenvalue weighted by Crippen LogP contribution is -2.24. The third-order valence-corrected chi connectivity index (χ3v) is 6.43. The largest absolute Gasteiger partial charge is 0.264 e. The van der Waals surface area contributed by atoms with Crippen molar-refractivity contribution in [2.75, 3.05) is 0 Å². The Kier molecular flexibility index (Phi) is 5.77. The maximum atomic E-state index is 4.38. The molecule has 31 heavy (non-hydrogen) atoms. The molecule has 4 rings (SSSR count). The molecule has 0 aliphatic heterocycles. The van der Waals surface area contributed by atoms with Crippen molar-refractivity contribution >= 4 is 0 Å². The van der Waals surface area contributed by atoms with E-state index in [-0.39, 0.29) is 10.8 Å². The summed E-state index contributed by atoms with van der Waals surface area (Å²) in [6.45, 7) is 9.39. The molecule has 2 aromatic heterocycles. The Morgan fingerprint density at radius 3 is 2.10 bits per heavy atom. The normalized spacial score (nSPS) is 12.1. The van der Waals surface area contributed by atoms with Gasteiger partial charge in [-0.15, -0.1) is 0 Å². The van der Waals surface area contributed by atoms with Gasteiger partial charge in [-0.2, -0.15) is 5.10 Å². The predicted molar refractivity (Wildman–Crippen MR) is 129 cm³/mol. The van der Waals surface area contributed by atoms with Crippen LogP contribution in [0.1, 0.15) is 51.7 Å².